The zero-order chi connectivity index (χ0) is 16.3. The van der Waals surface area contributed by atoms with E-state index < -0.39 is 5.60 Å². The highest BCUT2D eigenvalue weighted by atomic mass is 16.6. The molecular weight excluding hydrogens is 284 g/mol. The number of piperazine rings is 1. The minimum absolute atomic E-state index is 0.199. The topological polar surface area (TPSA) is 62.2 Å². The minimum Gasteiger partial charge on any atom is -0.508 e. The largest absolute Gasteiger partial charge is 0.508 e. The Balaban J connectivity index is 2.00. The number of phenols is 1. The summed E-state index contributed by atoms with van der Waals surface area (Å²) in [4.78, 5) is 15.9. The number of hydrogen-bond donors (Lipinski definition) is 1. The second-order valence-electron chi connectivity index (χ2n) is 6.31. The van der Waals surface area contributed by atoms with E-state index in [1.807, 2.05) is 20.8 Å². The third-order valence-corrected chi connectivity index (χ3v) is 3.43. The lowest BCUT2D eigenvalue weighted by molar-refractivity contribution is 0.0240. The Labute approximate surface area is 131 Å². The van der Waals surface area contributed by atoms with Gasteiger partial charge < -0.3 is 24.4 Å². The van der Waals surface area contributed by atoms with Crippen LogP contribution in [0.2, 0.25) is 0 Å². The van der Waals surface area contributed by atoms with Gasteiger partial charge in [0.1, 0.15) is 17.1 Å². The number of rotatable bonds is 2. The highest BCUT2D eigenvalue weighted by Gasteiger charge is 2.26. The summed E-state index contributed by atoms with van der Waals surface area (Å²) in [7, 11) is 1.60. The summed E-state index contributed by atoms with van der Waals surface area (Å²) in [5, 5.41) is 9.66. The van der Waals surface area contributed by atoms with Crippen molar-refractivity contribution in [1.29, 1.82) is 0 Å². The number of phenolic OH excluding ortho intramolecular Hbond substituents is 1. The lowest BCUT2D eigenvalue weighted by Crippen LogP contribution is -2.50. The van der Waals surface area contributed by atoms with E-state index >= 15 is 0 Å². The molecule has 0 aromatic heterocycles. The summed E-state index contributed by atoms with van der Waals surface area (Å²) in [6.45, 7) is 8.07. The third-order valence-electron chi connectivity index (χ3n) is 3.43. The van der Waals surface area contributed by atoms with Gasteiger partial charge in [-0.15, -0.1) is 0 Å². The Morgan fingerprint density at radius 3 is 2.36 bits per heavy atom. The van der Waals surface area contributed by atoms with Crippen LogP contribution in [0.15, 0.2) is 18.2 Å². The number of carbonyl (C=O) groups is 1. The quantitative estimate of drug-likeness (QED) is 0.909. The molecule has 1 N–H and O–H groups in total. The molecule has 0 atom stereocenters. The van der Waals surface area contributed by atoms with Crippen molar-refractivity contribution in [3.63, 3.8) is 0 Å². The lowest BCUT2D eigenvalue weighted by atomic mass is 10.2. The number of benzene rings is 1. The molecule has 0 radical (unpaired) electrons. The molecule has 1 aliphatic heterocycles. The molecule has 1 fully saturated rings. The van der Waals surface area contributed by atoms with Gasteiger partial charge in [0.2, 0.25) is 0 Å². The van der Waals surface area contributed by atoms with Gasteiger partial charge in [-0.1, -0.05) is 0 Å². The van der Waals surface area contributed by atoms with Gasteiger partial charge in [0.25, 0.3) is 0 Å². The highest BCUT2D eigenvalue weighted by Crippen LogP contribution is 2.32. The Hall–Kier alpha value is -2.11. The molecule has 0 saturated carbocycles. The molecule has 0 unspecified atom stereocenters. The van der Waals surface area contributed by atoms with E-state index in [1.54, 1.807) is 30.2 Å². The van der Waals surface area contributed by atoms with E-state index in [1.165, 1.54) is 0 Å². The van der Waals surface area contributed by atoms with Gasteiger partial charge >= 0.3 is 6.09 Å². The van der Waals surface area contributed by atoms with E-state index in [0.29, 0.717) is 31.9 Å². The fraction of sp³-hybridized carbons (Fsp3) is 0.562. The first-order valence-corrected chi connectivity index (χ1v) is 7.40. The molecule has 1 aromatic rings. The van der Waals surface area contributed by atoms with Crippen molar-refractivity contribution in [1.82, 2.24) is 4.90 Å². The zero-order valence-corrected chi connectivity index (χ0v) is 13.6. The standard InChI is InChI=1S/C16H24N2O4/c1-16(2,3)22-15(20)18-9-7-17(8-10-18)13-11-12(19)5-6-14(13)21-4/h5-6,11,19H,7-10H2,1-4H3. The maximum atomic E-state index is 12.1. The van der Waals surface area contributed by atoms with Crippen molar-refractivity contribution >= 4 is 11.8 Å². The predicted molar refractivity (Wildman–Crippen MR) is 84.7 cm³/mol. The van der Waals surface area contributed by atoms with Gasteiger partial charge in [0.05, 0.1) is 12.8 Å². The Morgan fingerprint density at radius 2 is 1.82 bits per heavy atom. The normalized spacial score (nSPS) is 15.6. The van der Waals surface area contributed by atoms with Gasteiger partial charge in [-0.3, -0.25) is 0 Å². The van der Waals surface area contributed by atoms with E-state index in [-0.39, 0.29) is 11.8 Å². The fourth-order valence-corrected chi connectivity index (χ4v) is 2.38. The van der Waals surface area contributed by atoms with Crippen LogP contribution in [0.1, 0.15) is 20.8 Å². The summed E-state index contributed by atoms with van der Waals surface area (Å²) in [6, 6.07) is 5.02. The smallest absolute Gasteiger partial charge is 0.410 e. The summed E-state index contributed by atoms with van der Waals surface area (Å²) in [5.74, 6) is 0.911. The molecule has 1 amide bonds. The number of nitrogens with zero attached hydrogens (tertiary/aromatic N) is 2. The summed E-state index contributed by atoms with van der Waals surface area (Å²) in [6.07, 6.45) is -0.282. The molecular formula is C16H24N2O4. The van der Waals surface area contributed by atoms with Crippen molar-refractivity contribution < 1.29 is 19.4 Å². The average molecular weight is 308 g/mol. The van der Waals surface area contributed by atoms with E-state index in [0.717, 1.165) is 5.69 Å². The molecule has 1 heterocycles. The van der Waals surface area contributed by atoms with E-state index in [2.05, 4.69) is 4.90 Å². The van der Waals surface area contributed by atoms with Crippen molar-refractivity contribution in [3.8, 4) is 11.5 Å². The van der Waals surface area contributed by atoms with Crippen molar-refractivity contribution in [2.24, 2.45) is 0 Å². The molecule has 1 aliphatic rings. The summed E-state index contributed by atoms with van der Waals surface area (Å²) in [5.41, 5.74) is 0.356. The first kappa shape index (κ1) is 16.3. The van der Waals surface area contributed by atoms with Crippen LogP contribution in [0.5, 0.6) is 11.5 Å². The van der Waals surface area contributed by atoms with Gasteiger partial charge in [-0.2, -0.15) is 0 Å². The van der Waals surface area contributed by atoms with Gasteiger partial charge in [0, 0.05) is 32.2 Å². The predicted octanol–water partition coefficient (Wildman–Crippen LogP) is 2.46. The molecule has 1 aromatic carbocycles. The van der Waals surface area contributed by atoms with E-state index in [9.17, 15) is 9.90 Å². The molecule has 6 heteroatoms. The van der Waals surface area contributed by atoms with Crippen LogP contribution in [0, 0.1) is 0 Å². The number of amides is 1. The summed E-state index contributed by atoms with van der Waals surface area (Å²) >= 11 is 0. The van der Waals surface area contributed by atoms with Crippen LogP contribution in [-0.2, 0) is 4.74 Å². The van der Waals surface area contributed by atoms with Crippen molar-refractivity contribution in [3.05, 3.63) is 18.2 Å². The van der Waals surface area contributed by atoms with Gasteiger partial charge in [-0.05, 0) is 32.9 Å². The molecule has 2 rings (SSSR count). The Kier molecular flexibility index (Phi) is 4.68. The Bertz CT molecular complexity index is 531. The molecule has 0 bridgehead atoms. The number of ether oxygens (including phenoxy) is 2. The Morgan fingerprint density at radius 1 is 1.18 bits per heavy atom. The summed E-state index contributed by atoms with van der Waals surface area (Å²) < 4.78 is 10.7. The second-order valence-corrected chi connectivity index (χ2v) is 6.31. The second kappa shape index (κ2) is 6.34. The number of methoxy groups -OCH3 is 1. The lowest BCUT2D eigenvalue weighted by Gasteiger charge is -2.37. The molecule has 0 aliphatic carbocycles. The SMILES string of the molecule is COc1ccc(O)cc1N1CCN(C(=O)OC(C)(C)C)CC1. The maximum absolute atomic E-state index is 12.1. The third kappa shape index (κ3) is 3.96. The molecule has 1 saturated heterocycles. The van der Waals surface area contributed by atoms with E-state index in [4.69, 9.17) is 9.47 Å². The molecule has 122 valence electrons. The average Bonchev–Trinajstić information content (AvgIpc) is 2.45. The van der Waals surface area contributed by atoms with Gasteiger partial charge in [-0.25, -0.2) is 4.79 Å². The first-order valence-electron chi connectivity index (χ1n) is 7.40. The van der Waals surface area contributed by atoms with Crippen LogP contribution in [0.4, 0.5) is 10.5 Å². The molecule has 22 heavy (non-hydrogen) atoms. The number of hydrogen-bond acceptors (Lipinski definition) is 5. The fourth-order valence-electron chi connectivity index (χ4n) is 2.38. The molecule has 6 nitrogen and oxygen atoms in total. The monoisotopic (exact) mass is 308 g/mol. The first-order chi connectivity index (χ1) is 10.3. The van der Waals surface area contributed by atoms with Crippen LogP contribution >= 0.6 is 0 Å². The van der Waals surface area contributed by atoms with Crippen LogP contribution in [0.25, 0.3) is 0 Å². The highest BCUT2D eigenvalue weighted by molar-refractivity contribution is 5.69. The van der Waals surface area contributed by atoms with Crippen molar-refractivity contribution in [2.45, 2.75) is 26.4 Å². The zero-order valence-electron chi connectivity index (χ0n) is 13.6. The van der Waals surface area contributed by atoms with Crippen LogP contribution in [0.3, 0.4) is 0 Å². The van der Waals surface area contributed by atoms with Crippen LogP contribution in [-0.4, -0.2) is 55.0 Å². The maximum Gasteiger partial charge on any atom is 0.410 e. The number of carbonyl (C=O) groups excluding carboxylic acids is 1. The van der Waals surface area contributed by atoms with Crippen LogP contribution < -0.4 is 9.64 Å². The number of aromatic hydroxyl groups is 1. The van der Waals surface area contributed by atoms with Crippen molar-refractivity contribution in [2.75, 3.05) is 38.2 Å². The number of anilines is 1. The molecule has 0 spiro atoms. The minimum atomic E-state index is -0.483. The van der Waals surface area contributed by atoms with Gasteiger partial charge in [0.15, 0.2) is 0 Å².